The van der Waals surface area contributed by atoms with E-state index in [1.807, 2.05) is 6.08 Å². The van der Waals surface area contributed by atoms with Crippen molar-refractivity contribution in [2.75, 3.05) is 0 Å². The summed E-state index contributed by atoms with van der Waals surface area (Å²) >= 11 is 0. The maximum Gasteiger partial charge on any atom is 0.178 e. The molecule has 3 heteroatoms. The van der Waals surface area contributed by atoms with Gasteiger partial charge in [-0.05, 0) is 49.7 Å². The van der Waals surface area contributed by atoms with Gasteiger partial charge in [-0.2, -0.15) is 0 Å². The van der Waals surface area contributed by atoms with Gasteiger partial charge in [0.1, 0.15) is 5.78 Å². The van der Waals surface area contributed by atoms with Gasteiger partial charge in [0.05, 0.1) is 6.10 Å². The first-order chi connectivity index (χ1) is 10.4. The lowest BCUT2D eigenvalue weighted by molar-refractivity contribution is -0.142. The van der Waals surface area contributed by atoms with Crippen molar-refractivity contribution in [1.82, 2.24) is 0 Å². The summed E-state index contributed by atoms with van der Waals surface area (Å²) < 4.78 is 0. The molecule has 1 N–H and O–H groups in total. The Morgan fingerprint density at radius 2 is 1.95 bits per heavy atom. The predicted octanol–water partition coefficient (Wildman–Crippen LogP) is 2.83. The number of carbonyl (C=O) groups is 2. The second-order valence-corrected chi connectivity index (χ2v) is 8.17. The molecule has 4 aliphatic carbocycles. The summed E-state index contributed by atoms with van der Waals surface area (Å²) in [4.78, 5) is 24.1. The molecule has 22 heavy (non-hydrogen) atoms. The molecule has 0 saturated heterocycles. The van der Waals surface area contributed by atoms with Crippen LogP contribution in [0.3, 0.4) is 0 Å². The van der Waals surface area contributed by atoms with Crippen LogP contribution < -0.4 is 0 Å². The van der Waals surface area contributed by atoms with Crippen molar-refractivity contribution in [1.29, 1.82) is 0 Å². The number of ketones is 2. The van der Waals surface area contributed by atoms with Gasteiger partial charge in [0.2, 0.25) is 0 Å². The van der Waals surface area contributed by atoms with Gasteiger partial charge in [-0.25, -0.2) is 0 Å². The van der Waals surface area contributed by atoms with Crippen LogP contribution in [-0.2, 0) is 9.59 Å². The van der Waals surface area contributed by atoms with E-state index in [0.717, 1.165) is 19.3 Å². The molecule has 0 bridgehead atoms. The Bertz CT molecular complexity index is 616. The van der Waals surface area contributed by atoms with Crippen molar-refractivity contribution in [3.63, 3.8) is 0 Å². The average Bonchev–Trinajstić information content (AvgIpc) is 2.75. The zero-order chi connectivity index (χ0) is 15.7. The Kier molecular flexibility index (Phi) is 2.88. The molecular weight excluding hydrogens is 276 g/mol. The van der Waals surface area contributed by atoms with Gasteiger partial charge >= 0.3 is 0 Å². The summed E-state index contributed by atoms with van der Waals surface area (Å²) in [5.74, 6) is 1.34. The van der Waals surface area contributed by atoms with Crippen molar-refractivity contribution < 1.29 is 14.7 Å². The molecule has 3 saturated carbocycles. The number of hydrogen-bond acceptors (Lipinski definition) is 3. The van der Waals surface area contributed by atoms with Gasteiger partial charge in [0.25, 0.3) is 0 Å². The maximum absolute atomic E-state index is 12.4. The van der Waals surface area contributed by atoms with E-state index in [1.165, 1.54) is 5.57 Å². The second kappa shape index (κ2) is 4.41. The molecule has 0 radical (unpaired) electrons. The lowest BCUT2D eigenvalue weighted by Gasteiger charge is -2.57. The topological polar surface area (TPSA) is 54.4 Å². The van der Waals surface area contributed by atoms with Crippen LogP contribution in [0.15, 0.2) is 23.8 Å². The summed E-state index contributed by atoms with van der Waals surface area (Å²) in [7, 11) is 0. The van der Waals surface area contributed by atoms with E-state index < -0.39 is 6.10 Å². The Labute approximate surface area is 131 Å². The molecule has 4 rings (SSSR count). The molecule has 0 aromatic heterocycles. The third-order valence-corrected chi connectivity index (χ3v) is 7.21. The van der Waals surface area contributed by atoms with Crippen LogP contribution in [0.2, 0.25) is 0 Å². The minimum atomic E-state index is -0.458. The number of carbonyl (C=O) groups excluding carboxylic acids is 2. The van der Waals surface area contributed by atoms with Crippen LogP contribution in [0, 0.1) is 28.6 Å². The lowest BCUT2D eigenvalue weighted by Crippen LogP contribution is -2.55. The molecule has 0 aromatic rings. The Morgan fingerprint density at radius 1 is 1.18 bits per heavy atom. The van der Waals surface area contributed by atoms with E-state index in [1.54, 1.807) is 12.2 Å². The van der Waals surface area contributed by atoms with E-state index in [9.17, 15) is 14.7 Å². The first kappa shape index (κ1) is 14.4. The van der Waals surface area contributed by atoms with Gasteiger partial charge in [-0.3, -0.25) is 9.59 Å². The van der Waals surface area contributed by atoms with E-state index in [0.29, 0.717) is 30.5 Å². The Hall–Kier alpha value is -1.22. The zero-order valence-electron chi connectivity index (χ0n) is 13.3. The van der Waals surface area contributed by atoms with Crippen molar-refractivity contribution in [3.8, 4) is 0 Å². The lowest BCUT2D eigenvalue weighted by atomic mass is 9.47. The molecule has 0 aliphatic heterocycles. The molecule has 3 fully saturated rings. The summed E-state index contributed by atoms with van der Waals surface area (Å²) in [6.45, 7) is 4.24. The number of hydrogen-bond donors (Lipinski definition) is 1. The van der Waals surface area contributed by atoms with E-state index in [2.05, 4.69) is 13.8 Å². The highest BCUT2D eigenvalue weighted by Gasteiger charge is 2.61. The molecule has 4 aliphatic rings. The largest absolute Gasteiger partial charge is 0.393 e. The number of aliphatic hydroxyl groups is 1. The molecule has 118 valence electrons. The minimum Gasteiger partial charge on any atom is -0.393 e. The number of allylic oxidation sites excluding steroid dienone is 4. The fraction of sp³-hybridized carbons (Fsp3) is 0.684. The van der Waals surface area contributed by atoms with Gasteiger partial charge in [-0.15, -0.1) is 0 Å². The summed E-state index contributed by atoms with van der Waals surface area (Å²) in [5, 5.41) is 10.9. The van der Waals surface area contributed by atoms with E-state index >= 15 is 0 Å². The van der Waals surface area contributed by atoms with Crippen LogP contribution in [0.4, 0.5) is 0 Å². The van der Waals surface area contributed by atoms with Crippen LogP contribution >= 0.6 is 0 Å². The molecule has 0 unspecified atom stereocenters. The van der Waals surface area contributed by atoms with Crippen LogP contribution in [0.5, 0.6) is 0 Å². The van der Waals surface area contributed by atoms with Gasteiger partial charge < -0.3 is 5.11 Å². The molecule has 3 nitrogen and oxygen atoms in total. The average molecular weight is 300 g/mol. The third-order valence-electron chi connectivity index (χ3n) is 7.21. The van der Waals surface area contributed by atoms with Crippen molar-refractivity contribution in [2.45, 2.75) is 52.1 Å². The standard InChI is InChI=1S/C19H24O3/c1-18-8-7-12(20)9-11(18)3-4-13-14-5-6-16(22)19(14,2)10-15(21)17(13)18/h7-9,13-15,17,21H,3-6,10H2,1-2H3/t13-,14+,15+,17-,18-,19-/m0/s1. The first-order valence-electron chi connectivity index (χ1n) is 8.52. The number of fused-ring (bicyclic) bond motifs is 5. The van der Waals surface area contributed by atoms with Gasteiger partial charge in [0, 0.05) is 23.2 Å². The predicted molar refractivity (Wildman–Crippen MR) is 83.0 cm³/mol. The highest BCUT2D eigenvalue weighted by atomic mass is 16.3. The summed E-state index contributed by atoms with van der Waals surface area (Å²) in [6, 6.07) is 0. The number of Topliss-reactive ketones (excluding diaryl/α,β-unsaturated/α-hetero) is 1. The highest BCUT2D eigenvalue weighted by Crippen LogP contribution is 2.63. The quantitative estimate of drug-likeness (QED) is 0.748. The molecule has 0 amide bonds. The smallest absolute Gasteiger partial charge is 0.178 e. The van der Waals surface area contributed by atoms with Gasteiger partial charge in [-0.1, -0.05) is 25.5 Å². The molecule has 0 aromatic carbocycles. The van der Waals surface area contributed by atoms with E-state index in [4.69, 9.17) is 0 Å². The Balaban J connectivity index is 1.77. The SMILES string of the molecule is C[C@]12C=CC(=O)C=C1CC[C@@H]1[C@H]2[C@H](O)C[C@]2(C)C(=O)CC[C@H]12. The van der Waals surface area contributed by atoms with Crippen molar-refractivity contribution in [3.05, 3.63) is 23.8 Å². The summed E-state index contributed by atoms with van der Waals surface area (Å²) in [6.07, 6.45) is 9.14. The first-order valence-corrected chi connectivity index (χ1v) is 8.52. The monoisotopic (exact) mass is 300 g/mol. The molecule has 0 heterocycles. The third kappa shape index (κ3) is 1.66. The summed E-state index contributed by atoms with van der Waals surface area (Å²) in [5.41, 5.74) is 0.628. The zero-order valence-corrected chi connectivity index (χ0v) is 13.3. The normalized spacial score (nSPS) is 50.2. The second-order valence-electron chi connectivity index (χ2n) is 8.17. The Morgan fingerprint density at radius 3 is 2.73 bits per heavy atom. The number of aliphatic hydroxyl groups excluding tert-OH is 1. The van der Waals surface area contributed by atoms with Gasteiger partial charge in [0.15, 0.2) is 5.78 Å². The van der Waals surface area contributed by atoms with Crippen molar-refractivity contribution in [2.24, 2.45) is 28.6 Å². The molecular formula is C19H24O3. The maximum atomic E-state index is 12.4. The molecule has 0 spiro atoms. The van der Waals surface area contributed by atoms with E-state index in [-0.39, 0.29) is 22.5 Å². The van der Waals surface area contributed by atoms with Crippen LogP contribution in [-0.4, -0.2) is 22.8 Å². The fourth-order valence-corrected chi connectivity index (χ4v) is 6.10. The fourth-order valence-electron chi connectivity index (χ4n) is 6.10. The van der Waals surface area contributed by atoms with Crippen molar-refractivity contribution >= 4 is 11.6 Å². The highest BCUT2D eigenvalue weighted by molar-refractivity contribution is 6.01. The minimum absolute atomic E-state index is 0.0668. The molecule has 6 atom stereocenters. The van der Waals surface area contributed by atoms with Crippen LogP contribution in [0.25, 0.3) is 0 Å². The number of rotatable bonds is 0. The van der Waals surface area contributed by atoms with Crippen LogP contribution in [0.1, 0.15) is 46.0 Å².